The number of nitrogens with zero attached hydrogens (tertiary/aromatic N) is 1. The number of rotatable bonds is 2. The second kappa shape index (κ2) is 5.96. The summed E-state index contributed by atoms with van der Waals surface area (Å²) in [5.74, 6) is 1.67. The number of benzene rings is 1. The molecule has 1 saturated heterocycles. The second-order valence-electron chi connectivity index (χ2n) is 5.63. The van der Waals surface area contributed by atoms with E-state index >= 15 is 0 Å². The average Bonchev–Trinajstić information content (AvgIpc) is 2.54. The first kappa shape index (κ1) is 13.7. The summed E-state index contributed by atoms with van der Waals surface area (Å²) in [6.07, 6.45) is 3.91. The maximum absolute atomic E-state index is 6.13. The van der Waals surface area contributed by atoms with Crippen LogP contribution in [-0.4, -0.2) is 13.1 Å². The molecule has 0 aromatic heterocycles. The lowest BCUT2D eigenvalue weighted by Gasteiger charge is -2.25. The summed E-state index contributed by atoms with van der Waals surface area (Å²) >= 11 is 3.47. The fraction of sp³-hybridized carbons (Fsp3) is 0.600. The van der Waals surface area contributed by atoms with Crippen LogP contribution in [-0.2, 0) is 0 Å². The van der Waals surface area contributed by atoms with E-state index in [2.05, 4.69) is 46.8 Å². The van der Waals surface area contributed by atoms with Crippen LogP contribution >= 0.6 is 15.9 Å². The van der Waals surface area contributed by atoms with Gasteiger partial charge in [0, 0.05) is 17.6 Å². The van der Waals surface area contributed by atoms with E-state index in [0.29, 0.717) is 0 Å². The van der Waals surface area contributed by atoms with Gasteiger partial charge in [0.25, 0.3) is 0 Å². The number of halogens is 1. The van der Waals surface area contributed by atoms with E-state index < -0.39 is 0 Å². The first-order valence-corrected chi connectivity index (χ1v) is 7.67. The Morgan fingerprint density at radius 1 is 1.28 bits per heavy atom. The third-order valence-electron chi connectivity index (χ3n) is 4.05. The molecule has 2 nitrogen and oxygen atoms in total. The SMILES string of the molecule is CC(C)C1CCCN(c2ccc(Br)cc2N)CC1. The zero-order valence-corrected chi connectivity index (χ0v) is 12.9. The Morgan fingerprint density at radius 2 is 2.06 bits per heavy atom. The minimum Gasteiger partial charge on any atom is -0.397 e. The molecule has 2 rings (SSSR count). The van der Waals surface area contributed by atoms with Crippen LogP contribution in [0.2, 0.25) is 0 Å². The van der Waals surface area contributed by atoms with Gasteiger partial charge in [-0.1, -0.05) is 29.8 Å². The molecule has 18 heavy (non-hydrogen) atoms. The van der Waals surface area contributed by atoms with Crippen molar-refractivity contribution in [3.8, 4) is 0 Å². The van der Waals surface area contributed by atoms with Gasteiger partial charge in [-0.15, -0.1) is 0 Å². The van der Waals surface area contributed by atoms with Gasteiger partial charge in [-0.2, -0.15) is 0 Å². The molecular formula is C15H23BrN2. The van der Waals surface area contributed by atoms with Crippen LogP contribution in [0, 0.1) is 11.8 Å². The van der Waals surface area contributed by atoms with Crippen molar-refractivity contribution in [1.82, 2.24) is 0 Å². The molecule has 0 saturated carbocycles. The Morgan fingerprint density at radius 3 is 2.72 bits per heavy atom. The van der Waals surface area contributed by atoms with E-state index in [4.69, 9.17) is 5.73 Å². The van der Waals surface area contributed by atoms with Gasteiger partial charge in [-0.05, 0) is 49.3 Å². The highest BCUT2D eigenvalue weighted by atomic mass is 79.9. The summed E-state index contributed by atoms with van der Waals surface area (Å²) in [7, 11) is 0. The molecule has 1 fully saturated rings. The van der Waals surface area contributed by atoms with E-state index in [-0.39, 0.29) is 0 Å². The van der Waals surface area contributed by atoms with Crippen molar-refractivity contribution in [2.75, 3.05) is 23.7 Å². The quantitative estimate of drug-likeness (QED) is 0.825. The van der Waals surface area contributed by atoms with Crippen LogP contribution in [0.3, 0.4) is 0 Å². The first-order chi connectivity index (χ1) is 8.58. The van der Waals surface area contributed by atoms with E-state index in [0.717, 1.165) is 35.1 Å². The third kappa shape index (κ3) is 3.19. The smallest absolute Gasteiger partial charge is 0.0600 e. The topological polar surface area (TPSA) is 29.3 Å². The second-order valence-corrected chi connectivity index (χ2v) is 6.54. The molecule has 2 N–H and O–H groups in total. The summed E-state index contributed by atoms with van der Waals surface area (Å²) in [5.41, 5.74) is 8.20. The summed E-state index contributed by atoms with van der Waals surface area (Å²) in [6.45, 7) is 6.95. The number of nitrogen functional groups attached to an aromatic ring is 1. The standard InChI is InChI=1S/C15H23BrN2/c1-11(2)12-4-3-8-18(9-7-12)15-6-5-13(16)10-14(15)17/h5-6,10-12H,3-4,7-9,17H2,1-2H3. The molecule has 1 aliphatic rings. The highest BCUT2D eigenvalue weighted by Gasteiger charge is 2.20. The molecule has 0 spiro atoms. The Kier molecular flexibility index (Phi) is 4.55. The summed E-state index contributed by atoms with van der Waals surface area (Å²) < 4.78 is 1.05. The Hall–Kier alpha value is -0.700. The van der Waals surface area contributed by atoms with Gasteiger partial charge >= 0.3 is 0 Å². The molecule has 3 heteroatoms. The molecule has 0 bridgehead atoms. The lowest BCUT2D eigenvalue weighted by Crippen LogP contribution is -2.25. The fourth-order valence-corrected chi connectivity index (χ4v) is 3.22. The van der Waals surface area contributed by atoms with Crippen molar-refractivity contribution >= 4 is 27.3 Å². The number of anilines is 2. The van der Waals surface area contributed by atoms with Crippen molar-refractivity contribution in [3.63, 3.8) is 0 Å². The summed E-state index contributed by atoms with van der Waals surface area (Å²) in [4.78, 5) is 2.45. The van der Waals surface area contributed by atoms with Crippen LogP contribution < -0.4 is 10.6 Å². The molecule has 1 unspecified atom stereocenters. The molecule has 1 heterocycles. The maximum Gasteiger partial charge on any atom is 0.0600 e. The predicted octanol–water partition coefficient (Wildman–Crippen LogP) is 4.29. The molecule has 1 atom stereocenters. The van der Waals surface area contributed by atoms with Crippen molar-refractivity contribution in [2.24, 2.45) is 11.8 Å². The Balaban J connectivity index is 2.10. The normalized spacial score (nSPS) is 21.1. The molecule has 1 aromatic carbocycles. The molecule has 0 aliphatic carbocycles. The molecule has 0 radical (unpaired) electrons. The summed E-state index contributed by atoms with van der Waals surface area (Å²) in [6, 6.07) is 6.21. The van der Waals surface area contributed by atoms with Gasteiger partial charge in [-0.25, -0.2) is 0 Å². The van der Waals surface area contributed by atoms with Gasteiger partial charge in [-0.3, -0.25) is 0 Å². The average molecular weight is 311 g/mol. The van der Waals surface area contributed by atoms with Crippen LogP contribution in [0.1, 0.15) is 33.1 Å². The molecule has 0 amide bonds. The van der Waals surface area contributed by atoms with Crippen molar-refractivity contribution in [3.05, 3.63) is 22.7 Å². The first-order valence-electron chi connectivity index (χ1n) is 6.88. The van der Waals surface area contributed by atoms with Gasteiger partial charge in [0.2, 0.25) is 0 Å². The van der Waals surface area contributed by atoms with E-state index in [9.17, 15) is 0 Å². The van der Waals surface area contributed by atoms with Crippen molar-refractivity contribution < 1.29 is 0 Å². The van der Waals surface area contributed by atoms with Crippen molar-refractivity contribution in [2.45, 2.75) is 33.1 Å². The number of hydrogen-bond donors (Lipinski definition) is 1. The van der Waals surface area contributed by atoms with Crippen molar-refractivity contribution in [1.29, 1.82) is 0 Å². The largest absolute Gasteiger partial charge is 0.397 e. The van der Waals surface area contributed by atoms with Crippen LogP contribution in [0.4, 0.5) is 11.4 Å². The highest BCUT2D eigenvalue weighted by molar-refractivity contribution is 9.10. The fourth-order valence-electron chi connectivity index (χ4n) is 2.84. The predicted molar refractivity (Wildman–Crippen MR) is 82.9 cm³/mol. The number of nitrogens with two attached hydrogens (primary N) is 1. The van der Waals surface area contributed by atoms with E-state index in [1.165, 1.54) is 24.9 Å². The zero-order chi connectivity index (χ0) is 13.1. The van der Waals surface area contributed by atoms with Gasteiger partial charge in [0.15, 0.2) is 0 Å². The third-order valence-corrected chi connectivity index (χ3v) is 4.54. The lowest BCUT2D eigenvalue weighted by atomic mass is 9.89. The maximum atomic E-state index is 6.13. The molecule has 100 valence electrons. The van der Waals surface area contributed by atoms with E-state index in [1.54, 1.807) is 0 Å². The van der Waals surface area contributed by atoms with Crippen LogP contribution in [0.15, 0.2) is 22.7 Å². The Bertz CT molecular complexity index is 403. The van der Waals surface area contributed by atoms with Gasteiger partial charge < -0.3 is 10.6 Å². The van der Waals surface area contributed by atoms with Crippen LogP contribution in [0.5, 0.6) is 0 Å². The Labute approximate surface area is 119 Å². The van der Waals surface area contributed by atoms with Gasteiger partial charge in [0.1, 0.15) is 0 Å². The van der Waals surface area contributed by atoms with Crippen LogP contribution in [0.25, 0.3) is 0 Å². The minimum atomic E-state index is 0.798. The molecular weight excluding hydrogens is 288 g/mol. The lowest BCUT2D eigenvalue weighted by molar-refractivity contribution is 0.351. The molecule has 1 aromatic rings. The minimum absolute atomic E-state index is 0.798. The monoisotopic (exact) mass is 310 g/mol. The highest BCUT2D eigenvalue weighted by Crippen LogP contribution is 2.31. The number of hydrogen-bond acceptors (Lipinski definition) is 2. The van der Waals surface area contributed by atoms with E-state index in [1.807, 2.05) is 6.07 Å². The molecule has 1 aliphatic heterocycles. The van der Waals surface area contributed by atoms with Gasteiger partial charge in [0.05, 0.1) is 11.4 Å². The summed E-state index contributed by atoms with van der Waals surface area (Å²) in [5, 5.41) is 0. The zero-order valence-electron chi connectivity index (χ0n) is 11.3.